The van der Waals surface area contributed by atoms with E-state index in [-0.39, 0.29) is 4.83 Å². The maximum atomic E-state index is 13.2. The number of hydrogen-bond acceptors (Lipinski definition) is 4. The van der Waals surface area contributed by atoms with Crippen LogP contribution in [0.25, 0.3) is 21.5 Å². The van der Waals surface area contributed by atoms with E-state index in [1.807, 2.05) is 24.3 Å². The molecule has 5 aromatic rings. The summed E-state index contributed by atoms with van der Waals surface area (Å²) in [5.74, 6) is -0.898. The minimum atomic E-state index is -0.750. The highest BCUT2D eigenvalue weighted by Gasteiger charge is 2.40. The van der Waals surface area contributed by atoms with Crippen LogP contribution in [0.2, 0.25) is 0 Å². The first-order chi connectivity index (χ1) is 18.1. The molecule has 0 amide bonds. The van der Waals surface area contributed by atoms with Gasteiger partial charge in [0, 0.05) is 16.8 Å². The summed E-state index contributed by atoms with van der Waals surface area (Å²) in [6.45, 7) is 0. The van der Waals surface area contributed by atoms with E-state index in [0.29, 0.717) is 17.5 Å². The van der Waals surface area contributed by atoms with Crippen molar-refractivity contribution in [2.45, 2.75) is 23.5 Å². The molecule has 0 heterocycles. The van der Waals surface area contributed by atoms with Crippen LogP contribution >= 0.6 is 15.9 Å². The van der Waals surface area contributed by atoms with Crippen LogP contribution in [0, 0.1) is 0 Å². The molecule has 0 radical (unpaired) electrons. The minimum Gasteiger partial charge on any atom is -0.454 e. The summed E-state index contributed by atoms with van der Waals surface area (Å²) in [5.41, 5.74) is 2.77. The Kier molecular flexibility index (Phi) is 6.23. The summed E-state index contributed by atoms with van der Waals surface area (Å²) in [6, 6.07) is 34.5. The Morgan fingerprint density at radius 2 is 1.22 bits per heavy atom. The second-order valence-electron chi connectivity index (χ2n) is 9.19. The summed E-state index contributed by atoms with van der Waals surface area (Å²) in [4.78, 5) is 26.1. The van der Waals surface area contributed by atoms with Crippen LogP contribution in [0.15, 0.2) is 109 Å². The highest BCUT2D eigenvalue weighted by atomic mass is 79.9. The molecule has 0 aliphatic heterocycles. The van der Waals surface area contributed by atoms with Gasteiger partial charge in [0.25, 0.3) is 0 Å². The second-order valence-corrected chi connectivity index (χ2v) is 10.3. The molecule has 3 atom stereocenters. The fourth-order valence-electron chi connectivity index (χ4n) is 5.05. The molecule has 0 spiro atoms. The van der Waals surface area contributed by atoms with Gasteiger partial charge in [-0.05, 0) is 63.5 Å². The van der Waals surface area contributed by atoms with Gasteiger partial charge in [0.15, 0.2) is 6.10 Å². The zero-order valence-electron chi connectivity index (χ0n) is 19.8. The standard InChI is InChI=1S/C32H23BrO4/c33-28-19-29(36-31(34)21-10-3-1-4-11-21)30(37-32(35)22-12-5-2-6-13-22)27-17-23-16-15-20-9-7-8-14-24(20)25(23)18-26(27)28/h1-18,28-30H,19H2/t28-,29-,30-/m0/s1. The molecule has 0 aromatic heterocycles. The zero-order valence-corrected chi connectivity index (χ0v) is 21.4. The number of alkyl halides is 1. The lowest BCUT2D eigenvalue weighted by molar-refractivity contribution is -0.0438. The van der Waals surface area contributed by atoms with Crippen LogP contribution in [0.1, 0.15) is 49.2 Å². The second kappa shape index (κ2) is 9.83. The molecule has 5 heteroatoms. The maximum Gasteiger partial charge on any atom is 0.338 e. The van der Waals surface area contributed by atoms with Crippen LogP contribution in [0.5, 0.6) is 0 Å². The summed E-state index contributed by atoms with van der Waals surface area (Å²) >= 11 is 3.83. The number of rotatable bonds is 4. The van der Waals surface area contributed by atoms with Crippen molar-refractivity contribution in [3.8, 4) is 0 Å². The molecule has 6 rings (SSSR count). The maximum absolute atomic E-state index is 13.2. The van der Waals surface area contributed by atoms with Gasteiger partial charge in [0.1, 0.15) is 6.10 Å². The molecule has 37 heavy (non-hydrogen) atoms. The molecule has 4 nitrogen and oxygen atoms in total. The van der Waals surface area contributed by atoms with Crippen molar-refractivity contribution in [1.29, 1.82) is 0 Å². The van der Waals surface area contributed by atoms with E-state index in [1.54, 1.807) is 48.5 Å². The molecule has 0 N–H and O–H groups in total. The van der Waals surface area contributed by atoms with Gasteiger partial charge in [0.05, 0.1) is 11.1 Å². The molecule has 1 aliphatic rings. The van der Waals surface area contributed by atoms with Crippen molar-refractivity contribution >= 4 is 49.4 Å². The third-order valence-corrected chi connectivity index (χ3v) is 7.75. The number of benzene rings is 5. The largest absolute Gasteiger partial charge is 0.454 e. The number of esters is 2. The molecular formula is C32H23BrO4. The number of hydrogen-bond donors (Lipinski definition) is 0. The first-order valence-electron chi connectivity index (χ1n) is 12.2. The Morgan fingerprint density at radius 1 is 0.622 bits per heavy atom. The van der Waals surface area contributed by atoms with E-state index in [9.17, 15) is 9.59 Å². The summed E-state index contributed by atoms with van der Waals surface area (Å²) in [7, 11) is 0. The lowest BCUT2D eigenvalue weighted by Crippen LogP contribution is -2.34. The van der Waals surface area contributed by atoms with Crippen LogP contribution < -0.4 is 0 Å². The highest BCUT2D eigenvalue weighted by Crippen LogP contribution is 2.46. The number of fused-ring (bicyclic) bond motifs is 4. The number of carbonyl (C=O) groups excluding carboxylic acids is 2. The molecule has 1 aliphatic carbocycles. The SMILES string of the molecule is O=C(O[C@H]1C[C@H](Br)c2cc3c(ccc4ccccc43)cc2[C@@H]1OC(=O)c1ccccc1)c1ccccc1. The lowest BCUT2D eigenvalue weighted by atomic mass is 9.84. The van der Waals surface area contributed by atoms with E-state index in [0.717, 1.165) is 27.3 Å². The average molecular weight is 551 g/mol. The Hall–Kier alpha value is -3.96. The Bertz CT molecular complexity index is 1610. The number of ether oxygens (including phenoxy) is 2. The fraction of sp³-hybridized carbons (Fsp3) is 0.125. The van der Waals surface area contributed by atoms with Gasteiger partial charge in [-0.1, -0.05) is 88.7 Å². The number of carbonyl (C=O) groups is 2. The van der Waals surface area contributed by atoms with E-state index in [1.165, 1.54) is 5.39 Å². The smallest absolute Gasteiger partial charge is 0.338 e. The van der Waals surface area contributed by atoms with E-state index in [2.05, 4.69) is 52.3 Å². The fourth-order valence-corrected chi connectivity index (χ4v) is 5.81. The third-order valence-electron chi connectivity index (χ3n) is 6.88. The van der Waals surface area contributed by atoms with Crippen LogP contribution in [-0.2, 0) is 9.47 Å². The third kappa shape index (κ3) is 4.51. The Balaban J connectivity index is 1.44. The predicted octanol–water partition coefficient (Wildman–Crippen LogP) is 7.96. The molecule has 0 fully saturated rings. The molecule has 182 valence electrons. The van der Waals surface area contributed by atoms with E-state index in [4.69, 9.17) is 9.47 Å². The zero-order chi connectivity index (χ0) is 25.4. The van der Waals surface area contributed by atoms with Gasteiger partial charge < -0.3 is 9.47 Å². The van der Waals surface area contributed by atoms with Crippen molar-refractivity contribution in [3.05, 3.63) is 131 Å². The van der Waals surface area contributed by atoms with Crippen LogP contribution in [-0.4, -0.2) is 18.0 Å². The van der Waals surface area contributed by atoms with E-state index < -0.39 is 24.1 Å². The van der Waals surface area contributed by atoms with Gasteiger partial charge in [0.2, 0.25) is 0 Å². The molecular weight excluding hydrogens is 528 g/mol. The molecule has 0 unspecified atom stereocenters. The highest BCUT2D eigenvalue weighted by molar-refractivity contribution is 9.09. The average Bonchev–Trinajstić information content (AvgIpc) is 2.95. The van der Waals surface area contributed by atoms with Crippen molar-refractivity contribution < 1.29 is 19.1 Å². The summed E-state index contributed by atoms with van der Waals surface area (Å²) < 4.78 is 12.1. The van der Waals surface area contributed by atoms with Crippen molar-refractivity contribution in [2.75, 3.05) is 0 Å². The van der Waals surface area contributed by atoms with Gasteiger partial charge >= 0.3 is 11.9 Å². The Morgan fingerprint density at radius 3 is 1.92 bits per heavy atom. The number of halogens is 1. The first kappa shape index (κ1) is 23.4. The molecule has 0 saturated carbocycles. The van der Waals surface area contributed by atoms with Gasteiger partial charge in [-0.25, -0.2) is 9.59 Å². The monoisotopic (exact) mass is 550 g/mol. The molecule has 5 aromatic carbocycles. The normalized spacial score (nSPS) is 18.8. The topological polar surface area (TPSA) is 52.6 Å². The van der Waals surface area contributed by atoms with Gasteiger partial charge in [-0.15, -0.1) is 0 Å². The van der Waals surface area contributed by atoms with Crippen LogP contribution in [0.3, 0.4) is 0 Å². The summed E-state index contributed by atoms with van der Waals surface area (Å²) in [6.07, 6.45) is -0.940. The summed E-state index contributed by atoms with van der Waals surface area (Å²) in [5, 5.41) is 4.50. The predicted molar refractivity (Wildman–Crippen MR) is 148 cm³/mol. The first-order valence-corrected chi connectivity index (χ1v) is 13.1. The van der Waals surface area contributed by atoms with Crippen molar-refractivity contribution in [3.63, 3.8) is 0 Å². The van der Waals surface area contributed by atoms with E-state index >= 15 is 0 Å². The molecule has 0 bridgehead atoms. The quantitative estimate of drug-likeness (QED) is 0.129. The lowest BCUT2D eigenvalue weighted by Gasteiger charge is -2.35. The minimum absolute atomic E-state index is 0.0777. The molecule has 0 saturated heterocycles. The Labute approximate surface area is 223 Å². The van der Waals surface area contributed by atoms with Crippen LogP contribution in [0.4, 0.5) is 0 Å². The van der Waals surface area contributed by atoms with Gasteiger partial charge in [-0.2, -0.15) is 0 Å². The van der Waals surface area contributed by atoms with Crippen molar-refractivity contribution in [1.82, 2.24) is 0 Å². The van der Waals surface area contributed by atoms with Gasteiger partial charge in [-0.3, -0.25) is 0 Å². The van der Waals surface area contributed by atoms with Crippen molar-refractivity contribution in [2.24, 2.45) is 0 Å².